The van der Waals surface area contributed by atoms with Crippen LogP contribution in [-0.4, -0.2) is 24.2 Å². The highest BCUT2D eigenvalue weighted by molar-refractivity contribution is 5.76. The minimum Gasteiger partial charge on any atom is -0.481 e. The fourth-order valence-electron chi connectivity index (χ4n) is 2.99. The molecule has 0 aromatic heterocycles. The molecular formula is C18H19NO2. The van der Waals surface area contributed by atoms with E-state index < -0.39 is 11.4 Å². The van der Waals surface area contributed by atoms with E-state index in [0.717, 1.165) is 17.7 Å². The summed E-state index contributed by atoms with van der Waals surface area (Å²) in [6.45, 7) is 1.34. The van der Waals surface area contributed by atoms with Gasteiger partial charge in [-0.05, 0) is 36.1 Å². The summed E-state index contributed by atoms with van der Waals surface area (Å²) in [5.74, 6) is -0.695. The lowest BCUT2D eigenvalue weighted by molar-refractivity contribution is -0.147. The minimum absolute atomic E-state index is 0.558. The van der Waals surface area contributed by atoms with E-state index in [2.05, 4.69) is 29.6 Å². The molecule has 3 nitrogen and oxygen atoms in total. The molecule has 0 aliphatic carbocycles. The van der Waals surface area contributed by atoms with Gasteiger partial charge < -0.3 is 10.4 Å². The maximum Gasteiger partial charge on any atom is 0.311 e. The lowest BCUT2D eigenvalue weighted by atomic mass is 9.80. The van der Waals surface area contributed by atoms with Crippen molar-refractivity contribution in [3.8, 4) is 11.1 Å². The normalized spacial score (nSPS) is 21.3. The van der Waals surface area contributed by atoms with Gasteiger partial charge >= 0.3 is 5.97 Å². The van der Waals surface area contributed by atoms with Crippen LogP contribution in [0.5, 0.6) is 0 Å². The molecule has 1 aliphatic rings. The third-order valence-electron chi connectivity index (χ3n) is 4.30. The van der Waals surface area contributed by atoms with E-state index in [4.69, 9.17) is 0 Å². The molecule has 0 saturated carbocycles. The second kappa shape index (κ2) is 5.70. The Balaban J connectivity index is 1.80. The Morgan fingerprint density at radius 1 is 1.05 bits per heavy atom. The van der Waals surface area contributed by atoms with Crippen LogP contribution in [0.1, 0.15) is 12.0 Å². The van der Waals surface area contributed by atoms with E-state index in [1.807, 2.05) is 30.3 Å². The second-order valence-corrected chi connectivity index (χ2v) is 5.75. The number of carboxylic acid groups (broad SMARTS) is 1. The molecule has 3 rings (SSSR count). The Hall–Kier alpha value is -2.13. The maximum absolute atomic E-state index is 11.6. The molecule has 0 unspecified atom stereocenters. The fraction of sp³-hybridized carbons (Fsp3) is 0.278. The summed E-state index contributed by atoms with van der Waals surface area (Å²) in [5.41, 5.74) is 2.78. The van der Waals surface area contributed by atoms with Crippen LogP contribution in [0.15, 0.2) is 54.6 Å². The molecule has 1 atom stereocenters. The van der Waals surface area contributed by atoms with Crippen LogP contribution < -0.4 is 5.32 Å². The largest absolute Gasteiger partial charge is 0.481 e. The van der Waals surface area contributed by atoms with Gasteiger partial charge in [0.2, 0.25) is 0 Å². The van der Waals surface area contributed by atoms with Gasteiger partial charge in [-0.3, -0.25) is 4.79 Å². The van der Waals surface area contributed by atoms with Crippen molar-refractivity contribution in [2.45, 2.75) is 12.8 Å². The van der Waals surface area contributed by atoms with Crippen molar-refractivity contribution < 1.29 is 9.90 Å². The van der Waals surface area contributed by atoms with Gasteiger partial charge in [-0.2, -0.15) is 0 Å². The zero-order chi connectivity index (χ0) is 14.7. The average Bonchev–Trinajstić information content (AvgIpc) is 2.99. The summed E-state index contributed by atoms with van der Waals surface area (Å²) in [5, 5.41) is 12.7. The van der Waals surface area contributed by atoms with Gasteiger partial charge in [0, 0.05) is 6.54 Å². The van der Waals surface area contributed by atoms with E-state index in [9.17, 15) is 9.90 Å². The quantitative estimate of drug-likeness (QED) is 0.906. The molecule has 1 saturated heterocycles. The summed E-state index contributed by atoms with van der Waals surface area (Å²) >= 11 is 0. The zero-order valence-electron chi connectivity index (χ0n) is 11.9. The molecule has 1 heterocycles. The van der Waals surface area contributed by atoms with Gasteiger partial charge in [-0.25, -0.2) is 0 Å². The van der Waals surface area contributed by atoms with Crippen LogP contribution in [0, 0.1) is 5.41 Å². The zero-order valence-corrected chi connectivity index (χ0v) is 11.9. The Morgan fingerprint density at radius 2 is 1.71 bits per heavy atom. The standard InChI is InChI=1S/C18H19NO2/c20-17(21)18(10-11-19-13-18)12-14-6-8-16(9-7-14)15-4-2-1-3-5-15/h1-9,19H,10-13H2,(H,20,21)/t18-/m0/s1. The molecule has 2 aromatic carbocycles. The van der Waals surface area contributed by atoms with E-state index in [1.165, 1.54) is 5.56 Å². The number of carbonyl (C=O) groups is 1. The third-order valence-corrected chi connectivity index (χ3v) is 4.30. The van der Waals surface area contributed by atoms with Crippen molar-refractivity contribution in [2.75, 3.05) is 13.1 Å². The van der Waals surface area contributed by atoms with Gasteiger partial charge in [-0.1, -0.05) is 54.6 Å². The average molecular weight is 281 g/mol. The third kappa shape index (κ3) is 2.83. The van der Waals surface area contributed by atoms with E-state index >= 15 is 0 Å². The van der Waals surface area contributed by atoms with Crippen LogP contribution >= 0.6 is 0 Å². The van der Waals surface area contributed by atoms with Gasteiger partial charge in [0.1, 0.15) is 0 Å². The van der Waals surface area contributed by atoms with Crippen molar-refractivity contribution in [1.29, 1.82) is 0 Å². The SMILES string of the molecule is O=C(O)[C@]1(Cc2ccc(-c3ccccc3)cc2)CCNC1. The summed E-state index contributed by atoms with van der Waals surface area (Å²) in [6, 6.07) is 18.4. The number of hydrogen-bond acceptors (Lipinski definition) is 2. The smallest absolute Gasteiger partial charge is 0.311 e. The van der Waals surface area contributed by atoms with Crippen molar-refractivity contribution in [1.82, 2.24) is 5.32 Å². The Bertz CT molecular complexity index is 613. The summed E-state index contributed by atoms with van der Waals surface area (Å²) in [4.78, 5) is 11.6. The van der Waals surface area contributed by atoms with Crippen molar-refractivity contribution in [2.24, 2.45) is 5.41 Å². The Labute approximate surface area is 124 Å². The van der Waals surface area contributed by atoms with Crippen molar-refractivity contribution in [3.63, 3.8) is 0 Å². The molecule has 1 aliphatic heterocycles. The minimum atomic E-state index is -0.695. The first-order valence-electron chi connectivity index (χ1n) is 7.28. The fourth-order valence-corrected chi connectivity index (χ4v) is 2.99. The first-order valence-corrected chi connectivity index (χ1v) is 7.28. The number of aliphatic carboxylic acids is 1. The number of benzene rings is 2. The molecule has 0 radical (unpaired) electrons. The van der Waals surface area contributed by atoms with Crippen LogP contribution in [0.4, 0.5) is 0 Å². The molecule has 108 valence electrons. The summed E-state index contributed by atoms with van der Waals surface area (Å²) < 4.78 is 0. The van der Waals surface area contributed by atoms with E-state index in [0.29, 0.717) is 19.4 Å². The Kier molecular flexibility index (Phi) is 3.76. The molecule has 1 fully saturated rings. The lowest BCUT2D eigenvalue weighted by Gasteiger charge is -2.23. The lowest BCUT2D eigenvalue weighted by Crippen LogP contribution is -2.35. The molecule has 3 heteroatoms. The molecule has 0 amide bonds. The first kappa shape index (κ1) is 13.8. The predicted octanol–water partition coefficient (Wildman–Crippen LogP) is 2.96. The molecule has 0 spiro atoms. The topological polar surface area (TPSA) is 49.3 Å². The first-order chi connectivity index (χ1) is 10.2. The van der Waals surface area contributed by atoms with Crippen LogP contribution in [0.3, 0.4) is 0 Å². The highest BCUT2D eigenvalue weighted by Gasteiger charge is 2.41. The van der Waals surface area contributed by atoms with E-state index in [1.54, 1.807) is 0 Å². The number of nitrogens with one attached hydrogen (secondary N) is 1. The summed E-state index contributed by atoms with van der Waals surface area (Å²) in [7, 11) is 0. The number of rotatable bonds is 4. The van der Waals surface area contributed by atoms with Crippen molar-refractivity contribution in [3.05, 3.63) is 60.2 Å². The second-order valence-electron chi connectivity index (χ2n) is 5.75. The number of hydrogen-bond donors (Lipinski definition) is 2. The number of carboxylic acids is 1. The highest BCUT2D eigenvalue weighted by Crippen LogP contribution is 2.31. The van der Waals surface area contributed by atoms with Gasteiger partial charge in [0.25, 0.3) is 0 Å². The highest BCUT2D eigenvalue weighted by atomic mass is 16.4. The maximum atomic E-state index is 11.6. The molecule has 2 N–H and O–H groups in total. The monoisotopic (exact) mass is 281 g/mol. The van der Waals surface area contributed by atoms with Crippen molar-refractivity contribution >= 4 is 5.97 Å². The van der Waals surface area contributed by atoms with E-state index in [-0.39, 0.29) is 0 Å². The van der Waals surface area contributed by atoms with Crippen LogP contribution in [0.25, 0.3) is 11.1 Å². The van der Waals surface area contributed by atoms with Crippen LogP contribution in [-0.2, 0) is 11.2 Å². The predicted molar refractivity (Wildman–Crippen MR) is 83.1 cm³/mol. The Morgan fingerprint density at radius 3 is 2.29 bits per heavy atom. The van der Waals surface area contributed by atoms with Gasteiger partial charge in [0.05, 0.1) is 5.41 Å². The van der Waals surface area contributed by atoms with Gasteiger partial charge in [-0.15, -0.1) is 0 Å². The molecule has 0 bridgehead atoms. The van der Waals surface area contributed by atoms with Crippen LogP contribution in [0.2, 0.25) is 0 Å². The molecular weight excluding hydrogens is 262 g/mol. The van der Waals surface area contributed by atoms with Gasteiger partial charge in [0.15, 0.2) is 0 Å². The molecule has 2 aromatic rings. The summed E-state index contributed by atoms with van der Waals surface area (Å²) in [6.07, 6.45) is 1.28. The molecule has 21 heavy (non-hydrogen) atoms.